The molecule has 1 atom stereocenters. The highest BCUT2D eigenvalue weighted by molar-refractivity contribution is 5.54. The molecule has 74 valence electrons. The lowest BCUT2D eigenvalue weighted by atomic mass is 10.1. The zero-order chi connectivity index (χ0) is 10.1. The lowest BCUT2D eigenvalue weighted by Crippen LogP contribution is -2.09. The van der Waals surface area contributed by atoms with Gasteiger partial charge in [-0.25, -0.2) is 4.98 Å². The first-order valence-electron chi connectivity index (χ1n) is 4.85. The van der Waals surface area contributed by atoms with Crippen molar-refractivity contribution in [3.8, 4) is 0 Å². The Hall–Kier alpha value is -1.35. The molecule has 2 aromatic heterocycles. The molecule has 0 fully saturated rings. The van der Waals surface area contributed by atoms with Crippen LogP contribution < -0.4 is 5.73 Å². The third kappa shape index (κ3) is 1.40. The van der Waals surface area contributed by atoms with E-state index in [0.29, 0.717) is 12.5 Å². The van der Waals surface area contributed by atoms with Crippen LogP contribution in [0, 0.1) is 6.92 Å². The van der Waals surface area contributed by atoms with Crippen molar-refractivity contribution in [2.75, 3.05) is 6.54 Å². The van der Waals surface area contributed by atoms with Crippen molar-refractivity contribution in [2.45, 2.75) is 19.8 Å². The molecule has 0 spiro atoms. The molecule has 2 aromatic rings. The van der Waals surface area contributed by atoms with Crippen LogP contribution in [0.25, 0.3) is 5.52 Å². The normalized spacial score (nSPS) is 13.4. The van der Waals surface area contributed by atoms with Gasteiger partial charge in [-0.3, -0.25) is 0 Å². The maximum Gasteiger partial charge on any atom is 0.0995 e. The Balaban J connectivity index is 2.58. The van der Waals surface area contributed by atoms with Gasteiger partial charge in [-0.15, -0.1) is 0 Å². The Morgan fingerprint density at radius 1 is 1.50 bits per heavy atom. The molecule has 2 N–H and O–H groups in total. The first kappa shape index (κ1) is 9.21. The first-order chi connectivity index (χ1) is 6.72. The fourth-order valence-electron chi connectivity index (χ4n) is 1.62. The highest BCUT2D eigenvalue weighted by atomic mass is 15.0. The van der Waals surface area contributed by atoms with Gasteiger partial charge >= 0.3 is 0 Å². The van der Waals surface area contributed by atoms with Gasteiger partial charge in [0.1, 0.15) is 0 Å². The van der Waals surface area contributed by atoms with E-state index in [4.69, 9.17) is 5.73 Å². The van der Waals surface area contributed by atoms with E-state index in [9.17, 15) is 0 Å². The van der Waals surface area contributed by atoms with E-state index in [1.54, 1.807) is 0 Å². The fourth-order valence-corrected chi connectivity index (χ4v) is 1.62. The van der Waals surface area contributed by atoms with Crippen LogP contribution in [0.2, 0.25) is 0 Å². The molecule has 0 aliphatic rings. The number of hydrogen-bond acceptors (Lipinski definition) is 2. The van der Waals surface area contributed by atoms with E-state index >= 15 is 0 Å². The number of aromatic nitrogens is 2. The van der Waals surface area contributed by atoms with Crippen molar-refractivity contribution in [1.82, 2.24) is 9.38 Å². The lowest BCUT2D eigenvalue weighted by Gasteiger charge is -2.05. The van der Waals surface area contributed by atoms with Gasteiger partial charge in [0.15, 0.2) is 0 Å². The van der Waals surface area contributed by atoms with E-state index in [1.165, 1.54) is 5.56 Å². The van der Waals surface area contributed by atoms with Gasteiger partial charge in [0.05, 0.1) is 17.5 Å². The van der Waals surface area contributed by atoms with Gasteiger partial charge < -0.3 is 10.1 Å². The number of nitrogens with zero attached hydrogens (tertiary/aromatic N) is 2. The minimum atomic E-state index is 0.322. The largest absolute Gasteiger partial charge is 0.330 e. The quantitative estimate of drug-likeness (QED) is 0.781. The molecule has 0 saturated carbocycles. The summed E-state index contributed by atoms with van der Waals surface area (Å²) in [4.78, 5) is 4.39. The van der Waals surface area contributed by atoms with Crippen LogP contribution in [-0.2, 0) is 0 Å². The van der Waals surface area contributed by atoms with Crippen molar-refractivity contribution in [3.05, 3.63) is 35.9 Å². The van der Waals surface area contributed by atoms with Gasteiger partial charge in [-0.2, -0.15) is 0 Å². The molecule has 14 heavy (non-hydrogen) atoms. The highest BCUT2D eigenvalue weighted by Crippen LogP contribution is 2.18. The van der Waals surface area contributed by atoms with Crippen LogP contribution in [0.5, 0.6) is 0 Å². The van der Waals surface area contributed by atoms with Crippen LogP contribution in [0.4, 0.5) is 0 Å². The van der Waals surface area contributed by atoms with Crippen LogP contribution in [0.1, 0.15) is 24.1 Å². The van der Waals surface area contributed by atoms with E-state index < -0.39 is 0 Å². The second kappa shape index (κ2) is 3.42. The molecule has 1 unspecified atom stereocenters. The maximum absolute atomic E-state index is 5.63. The van der Waals surface area contributed by atoms with Gasteiger partial charge in [-0.05, 0) is 18.6 Å². The summed E-state index contributed by atoms with van der Waals surface area (Å²) in [5, 5.41) is 0. The number of rotatable bonds is 2. The third-order valence-corrected chi connectivity index (χ3v) is 2.53. The summed E-state index contributed by atoms with van der Waals surface area (Å²) in [7, 11) is 0. The van der Waals surface area contributed by atoms with Crippen molar-refractivity contribution in [1.29, 1.82) is 0 Å². The van der Waals surface area contributed by atoms with E-state index in [2.05, 4.69) is 41.6 Å². The van der Waals surface area contributed by atoms with Crippen molar-refractivity contribution in [3.63, 3.8) is 0 Å². The molecule has 2 rings (SSSR count). The summed E-state index contributed by atoms with van der Waals surface area (Å²) in [5.41, 5.74) is 9.12. The zero-order valence-corrected chi connectivity index (χ0v) is 8.57. The van der Waals surface area contributed by atoms with Crippen LogP contribution in [-0.4, -0.2) is 15.9 Å². The molecule has 0 aliphatic heterocycles. The molecule has 0 saturated heterocycles. The molecular weight excluding hydrogens is 174 g/mol. The first-order valence-corrected chi connectivity index (χ1v) is 4.85. The maximum atomic E-state index is 5.63. The van der Waals surface area contributed by atoms with Crippen LogP contribution >= 0.6 is 0 Å². The second-order valence-electron chi connectivity index (χ2n) is 3.77. The predicted molar refractivity (Wildman–Crippen MR) is 57.4 cm³/mol. The predicted octanol–water partition coefficient (Wildman–Crippen LogP) is 1.70. The summed E-state index contributed by atoms with van der Waals surface area (Å²) < 4.78 is 2.05. The molecule has 3 nitrogen and oxygen atoms in total. The monoisotopic (exact) mass is 189 g/mol. The minimum absolute atomic E-state index is 0.322. The Labute approximate surface area is 83.6 Å². The van der Waals surface area contributed by atoms with E-state index in [0.717, 1.165) is 11.2 Å². The highest BCUT2D eigenvalue weighted by Gasteiger charge is 2.10. The molecule has 0 aromatic carbocycles. The lowest BCUT2D eigenvalue weighted by molar-refractivity contribution is 0.757. The van der Waals surface area contributed by atoms with Crippen molar-refractivity contribution < 1.29 is 0 Å². The zero-order valence-electron chi connectivity index (χ0n) is 8.57. The summed E-state index contributed by atoms with van der Waals surface area (Å²) >= 11 is 0. The summed E-state index contributed by atoms with van der Waals surface area (Å²) in [6.07, 6.45) is 3.93. The molecule has 0 radical (unpaired) electrons. The molecule has 0 bridgehead atoms. The van der Waals surface area contributed by atoms with Crippen molar-refractivity contribution >= 4 is 5.52 Å². The van der Waals surface area contributed by atoms with Gasteiger partial charge in [0.2, 0.25) is 0 Å². The third-order valence-electron chi connectivity index (χ3n) is 2.53. The Kier molecular flexibility index (Phi) is 2.25. The number of nitrogens with two attached hydrogens (primary N) is 1. The smallest absolute Gasteiger partial charge is 0.0995 e. The van der Waals surface area contributed by atoms with Crippen LogP contribution in [0.3, 0.4) is 0 Å². The SMILES string of the molecule is Cc1ccc2c(C(C)CN)ncn2c1. The number of fused-ring (bicyclic) bond motifs is 1. The molecule has 0 aliphatic carbocycles. The van der Waals surface area contributed by atoms with Crippen LogP contribution in [0.15, 0.2) is 24.7 Å². The minimum Gasteiger partial charge on any atom is -0.330 e. The molecule has 0 amide bonds. The molecule has 3 heteroatoms. The summed E-state index contributed by atoms with van der Waals surface area (Å²) in [5.74, 6) is 0.322. The summed E-state index contributed by atoms with van der Waals surface area (Å²) in [6.45, 7) is 4.81. The van der Waals surface area contributed by atoms with Gasteiger partial charge in [0, 0.05) is 18.7 Å². The Bertz CT molecular complexity index is 445. The Morgan fingerprint density at radius 3 is 3.00 bits per heavy atom. The topological polar surface area (TPSA) is 43.3 Å². The number of pyridine rings is 1. The standard InChI is InChI=1S/C11H15N3/c1-8-3-4-10-11(9(2)5-12)13-7-14(10)6-8/h3-4,6-7,9H,5,12H2,1-2H3. The number of imidazole rings is 1. The molecular formula is C11H15N3. The Morgan fingerprint density at radius 2 is 2.29 bits per heavy atom. The van der Waals surface area contributed by atoms with E-state index in [1.807, 2.05) is 6.33 Å². The summed E-state index contributed by atoms with van der Waals surface area (Å²) in [6, 6.07) is 4.20. The average molecular weight is 189 g/mol. The second-order valence-corrected chi connectivity index (χ2v) is 3.77. The number of aryl methyl sites for hydroxylation is 1. The van der Waals surface area contributed by atoms with E-state index in [-0.39, 0.29) is 0 Å². The van der Waals surface area contributed by atoms with Gasteiger partial charge in [-0.1, -0.05) is 13.0 Å². The van der Waals surface area contributed by atoms with Gasteiger partial charge in [0.25, 0.3) is 0 Å². The molecule has 2 heterocycles. The average Bonchev–Trinajstić information content (AvgIpc) is 2.59. The fraction of sp³-hybridized carbons (Fsp3) is 0.364. The van der Waals surface area contributed by atoms with Crippen molar-refractivity contribution in [2.24, 2.45) is 5.73 Å². The number of hydrogen-bond donors (Lipinski definition) is 1.